The molecule has 0 N–H and O–H groups in total. The highest BCUT2D eigenvalue weighted by Gasteiger charge is 2.30. The van der Waals surface area contributed by atoms with E-state index in [2.05, 4.69) is 45.7 Å². The van der Waals surface area contributed by atoms with Crippen LogP contribution in [0.15, 0.2) is 30.6 Å². The minimum absolute atomic E-state index is 0.166. The third kappa shape index (κ3) is 4.08. The Kier molecular flexibility index (Phi) is 6.59. The molecule has 8 heteroatoms. The predicted molar refractivity (Wildman–Crippen MR) is 139 cm³/mol. The summed E-state index contributed by atoms with van der Waals surface area (Å²) in [5, 5.41) is 1.03. The molecule has 1 atom stereocenters. The predicted octanol–water partition coefficient (Wildman–Crippen LogP) is 4.74. The van der Waals surface area contributed by atoms with E-state index in [0.717, 1.165) is 89.9 Å². The van der Waals surface area contributed by atoms with Gasteiger partial charge in [0.15, 0.2) is 0 Å². The fourth-order valence-corrected chi connectivity index (χ4v) is 6.47. The van der Waals surface area contributed by atoms with Crippen LogP contribution < -0.4 is 14.5 Å². The van der Waals surface area contributed by atoms with Crippen LogP contribution in [0.1, 0.15) is 47.8 Å². The van der Waals surface area contributed by atoms with Crippen molar-refractivity contribution in [3.8, 4) is 5.75 Å². The lowest BCUT2D eigenvalue weighted by atomic mass is 9.99. The minimum atomic E-state index is 0.166. The molecule has 2 aliphatic heterocycles. The molecule has 0 spiro atoms. The molecular weight excluding hydrogens is 446 g/mol. The average Bonchev–Trinajstić information content (AvgIpc) is 3.24. The van der Waals surface area contributed by atoms with E-state index in [1.54, 1.807) is 13.4 Å². The number of anilines is 2. The molecule has 2 aromatic heterocycles. The first-order chi connectivity index (χ1) is 16.6. The number of piperazine rings is 1. The highest BCUT2D eigenvalue weighted by atomic mass is 32.1. The van der Waals surface area contributed by atoms with E-state index in [1.165, 1.54) is 17.8 Å². The number of ether oxygens (including phenoxy) is 1. The van der Waals surface area contributed by atoms with Gasteiger partial charge >= 0.3 is 0 Å². The lowest BCUT2D eigenvalue weighted by Crippen LogP contribution is -2.47. The summed E-state index contributed by atoms with van der Waals surface area (Å²) in [7, 11) is 1.72. The van der Waals surface area contributed by atoms with E-state index < -0.39 is 0 Å². The monoisotopic (exact) mass is 479 g/mol. The lowest BCUT2D eigenvalue weighted by molar-refractivity contribution is 0.0612. The highest BCUT2D eigenvalue weighted by Crippen LogP contribution is 2.37. The SMILES string of the molecule is CCC1CCCCN1C(=O)c1sc2ncnc(N3CCN(c4ccccc4OC)CC3)c2c1C. The summed E-state index contributed by atoms with van der Waals surface area (Å²) < 4.78 is 5.56. The lowest BCUT2D eigenvalue weighted by Gasteiger charge is -2.37. The second-order valence-corrected chi connectivity index (χ2v) is 10.1. The first-order valence-electron chi connectivity index (χ1n) is 12.3. The van der Waals surface area contributed by atoms with E-state index in [1.807, 2.05) is 12.1 Å². The fourth-order valence-electron chi connectivity index (χ4n) is 5.37. The zero-order valence-electron chi connectivity index (χ0n) is 20.3. The summed E-state index contributed by atoms with van der Waals surface area (Å²) >= 11 is 1.52. The number of benzene rings is 1. The Morgan fingerprint density at radius 2 is 1.85 bits per heavy atom. The van der Waals surface area contributed by atoms with Crippen molar-refractivity contribution < 1.29 is 9.53 Å². The first-order valence-corrected chi connectivity index (χ1v) is 13.1. The number of carbonyl (C=O) groups is 1. The van der Waals surface area contributed by atoms with Gasteiger partial charge in [-0.2, -0.15) is 0 Å². The van der Waals surface area contributed by atoms with Crippen molar-refractivity contribution in [2.24, 2.45) is 0 Å². The Balaban J connectivity index is 1.40. The molecule has 1 amide bonds. The van der Waals surface area contributed by atoms with Crippen LogP contribution in [0.5, 0.6) is 5.75 Å². The van der Waals surface area contributed by atoms with Crippen LogP contribution in [0.25, 0.3) is 10.2 Å². The zero-order valence-corrected chi connectivity index (χ0v) is 21.1. The summed E-state index contributed by atoms with van der Waals surface area (Å²) in [6.45, 7) is 8.57. The molecule has 0 aliphatic carbocycles. The third-order valence-electron chi connectivity index (χ3n) is 7.27. The maximum absolute atomic E-state index is 13.6. The number of fused-ring (bicyclic) bond motifs is 1. The summed E-state index contributed by atoms with van der Waals surface area (Å²) in [6, 6.07) is 8.52. The number of rotatable bonds is 5. The van der Waals surface area contributed by atoms with Gasteiger partial charge in [0.25, 0.3) is 5.91 Å². The van der Waals surface area contributed by atoms with Crippen molar-refractivity contribution in [2.45, 2.75) is 45.6 Å². The van der Waals surface area contributed by atoms with Gasteiger partial charge in [-0.3, -0.25) is 4.79 Å². The minimum Gasteiger partial charge on any atom is -0.495 e. The maximum Gasteiger partial charge on any atom is 0.264 e. The summed E-state index contributed by atoms with van der Waals surface area (Å²) in [5.41, 5.74) is 2.15. The normalized spacial score (nSPS) is 19.0. The average molecular weight is 480 g/mol. The third-order valence-corrected chi connectivity index (χ3v) is 8.45. The van der Waals surface area contributed by atoms with Crippen molar-refractivity contribution >= 4 is 39.0 Å². The molecule has 4 heterocycles. The smallest absolute Gasteiger partial charge is 0.264 e. The van der Waals surface area contributed by atoms with Crippen LogP contribution in [0, 0.1) is 6.92 Å². The van der Waals surface area contributed by atoms with Crippen LogP contribution in [0.4, 0.5) is 11.5 Å². The van der Waals surface area contributed by atoms with E-state index >= 15 is 0 Å². The van der Waals surface area contributed by atoms with Gasteiger partial charge in [0.1, 0.15) is 22.7 Å². The van der Waals surface area contributed by atoms with Crippen molar-refractivity contribution in [1.82, 2.24) is 14.9 Å². The van der Waals surface area contributed by atoms with Gasteiger partial charge in [-0.25, -0.2) is 9.97 Å². The largest absolute Gasteiger partial charge is 0.495 e. The van der Waals surface area contributed by atoms with Crippen molar-refractivity contribution in [3.05, 3.63) is 41.0 Å². The molecule has 2 aliphatic rings. The summed E-state index contributed by atoms with van der Waals surface area (Å²) in [6.07, 6.45) is 6.06. The summed E-state index contributed by atoms with van der Waals surface area (Å²) in [5.74, 6) is 2.02. The molecule has 3 aromatic rings. The first kappa shape index (κ1) is 22.9. The number of hydrogen-bond donors (Lipinski definition) is 0. The molecule has 2 saturated heterocycles. The van der Waals surface area contributed by atoms with Crippen LogP contribution in [0.3, 0.4) is 0 Å². The molecule has 2 fully saturated rings. The Bertz CT molecular complexity index is 1170. The maximum atomic E-state index is 13.6. The van der Waals surface area contributed by atoms with Crippen molar-refractivity contribution in [3.63, 3.8) is 0 Å². The number of methoxy groups -OCH3 is 1. The second kappa shape index (κ2) is 9.78. The molecule has 0 bridgehead atoms. The molecule has 0 radical (unpaired) electrons. The molecule has 0 saturated carbocycles. The second-order valence-electron chi connectivity index (χ2n) is 9.14. The number of piperidine rings is 1. The van der Waals surface area contributed by atoms with Crippen molar-refractivity contribution in [1.29, 1.82) is 0 Å². The topological polar surface area (TPSA) is 61.8 Å². The summed E-state index contributed by atoms with van der Waals surface area (Å²) in [4.78, 5) is 31.3. The zero-order chi connectivity index (χ0) is 23.7. The number of carbonyl (C=O) groups excluding carboxylic acids is 1. The quantitative estimate of drug-likeness (QED) is 0.527. The number of para-hydroxylation sites is 2. The molecule has 7 nitrogen and oxygen atoms in total. The van der Waals surface area contributed by atoms with Crippen LogP contribution in [-0.4, -0.2) is 66.7 Å². The van der Waals surface area contributed by atoms with Crippen molar-refractivity contribution in [2.75, 3.05) is 49.6 Å². The fraction of sp³-hybridized carbons (Fsp3) is 0.500. The van der Waals surface area contributed by atoms with E-state index in [0.29, 0.717) is 6.04 Å². The molecule has 180 valence electrons. The number of amides is 1. The van der Waals surface area contributed by atoms with Gasteiger partial charge in [-0.1, -0.05) is 19.1 Å². The molecule has 34 heavy (non-hydrogen) atoms. The number of aryl methyl sites for hydroxylation is 1. The van der Waals surface area contributed by atoms with Gasteiger partial charge < -0.3 is 19.4 Å². The number of aromatic nitrogens is 2. The number of hydrogen-bond acceptors (Lipinski definition) is 7. The molecule has 1 aromatic carbocycles. The Morgan fingerprint density at radius 1 is 1.09 bits per heavy atom. The van der Waals surface area contributed by atoms with Gasteiger partial charge in [0, 0.05) is 38.8 Å². The van der Waals surface area contributed by atoms with Gasteiger partial charge in [0.2, 0.25) is 0 Å². The molecule has 1 unspecified atom stereocenters. The van der Waals surface area contributed by atoms with Gasteiger partial charge in [-0.05, 0) is 50.3 Å². The number of likely N-dealkylation sites (tertiary alicyclic amines) is 1. The molecule has 5 rings (SSSR count). The Morgan fingerprint density at radius 3 is 2.62 bits per heavy atom. The van der Waals surface area contributed by atoms with Gasteiger partial charge in [0.05, 0.1) is 23.1 Å². The number of thiophene rings is 1. The molecular formula is C26H33N5O2S. The van der Waals surface area contributed by atoms with Crippen LogP contribution in [-0.2, 0) is 0 Å². The Hall–Kier alpha value is -2.87. The highest BCUT2D eigenvalue weighted by molar-refractivity contribution is 7.20. The van der Waals surface area contributed by atoms with E-state index in [9.17, 15) is 4.79 Å². The van der Waals surface area contributed by atoms with Gasteiger partial charge in [-0.15, -0.1) is 11.3 Å². The van der Waals surface area contributed by atoms with Crippen LogP contribution in [0.2, 0.25) is 0 Å². The standard InChI is InChI=1S/C26H33N5O2S/c1-4-19-9-7-8-12-31(19)26(32)23-18(2)22-24(27-17-28-25(22)34-23)30-15-13-29(14-16-30)20-10-5-6-11-21(20)33-3/h5-6,10-11,17,19H,4,7-9,12-16H2,1-3H3. The van der Waals surface area contributed by atoms with E-state index in [-0.39, 0.29) is 5.91 Å². The number of nitrogens with zero attached hydrogens (tertiary/aromatic N) is 5. The Labute approximate surface area is 205 Å². The van der Waals surface area contributed by atoms with Crippen LogP contribution >= 0.6 is 11.3 Å². The van der Waals surface area contributed by atoms with E-state index in [4.69, 9.17) is 9.72 Å².